The third-order valence-corrected chi connectivity index (χ3v) is 4.96. The highest BCUT2D eigenvalue weighted by atomic mass is 16.5. The Bertz CT molecular complexity index is 998. The minimum absolute atomic E-state index is 0.0287. The molecule has 0 aromatic carbocycles. The first-order valence-electron chi connectivity index (χ1n) is 9.95. The lowest BCUT2D eigenvalue weighted by Gasteiger charge is -2.32. The Morgan fingerprint density at radius 3 is 2.70 bits per heavy atom. The molecule has 0 saturated carbocycles. The molecule has 1 fully saturated rings. The largest absolute Gasteiger partial charge is 0.474 e. The normalized spacial score (nSPS) is 15.6. The number of fused-ring (bicyclic) bond motifs is 1. The van der Waals surface area contributed by atoms with Crippen LogP contribution in [0, 0.1) is 17.2 Å². The number of ether oxygens (including phenoxy) is 1. The van der Waals surface area contributed by atoms with Gasteiger partial charge in [-0.05, 0) is 39.2 Å². The second-order valence-corrected chi connectivity index (χ2v) is 7.76. The molecule has 0 spiro atoms. The fraction of sp³-hybridized carbons (Fsp3) is 0.476. The number of hydrogen-bond acceptors (Lipinski definition) is 6. The van der Waals surface area contributed by atoms with E-state index in [0.717, 1.165) is 0 Å². The van der Waals surface area contributed by atoms with Gasteiger partial charge in [0.05, 0.1) is 23.9 Å². The number of hydrogen-bond donors (Lipinski definition) is 2. The summed E-state index contributed by atoms with van der Waals surface area (Å²) in [5, 5.41) is 11.8. The van der Waals surface area contributed by atoms with Gasteiger partial charge in [0.15, 0.2) is 5.65 Å². The highest BCUT2D eigenvalue weighted by Crippen LogP contribution is 2.20. The standard InChI is InChI=1S/C21H26N6O3/c1-12(2)17(21(29)27-7-5-14(9-22)6-8-27)26-20(28)15-10-23-19-18(15)25-16(11-24-19)30-13(3)4/h10-11,13-14,17H,1,5-8H2,2-4H3,(H,23,24)(H,26,28)/t17-/m1/s1. The lowest BCUT2D eigenvalue weighted by atomic mass is 9.97. The number of carbonyl (C=O) groups excluding carboxylic acids is 2. The number of nitriles is 1. The molecule has 3 heterocycles. The second kappa shape index (κ2) is 8.95. The molecule has 9 nitrogen and oxygen atoms in total. The summed E-state index contributed by atoms with van der Waals surface area (Å²) in [6.45, 7) is 10.3. The van der Waals surface area contributed by atoms with Gasteiger partial charge in [0, 0.05) is 25.2 Å². The molecule has 9 heteroatoms. The Kier molecular flexibility index (Phi) is 6.35. The molecule has 2 amide bonds. The monoisotopic (exact) mass is 410 g/mol. The van der Waals surface area contributed by atoms with Crippen molar-refractivity contribution < 1.29 is 14.3 Å². The molecule has 1 atom stereocenters. The number of rotatable bonds is 6. The molecule has 1 saturated heterocycles. The molecule has 1 aliphatic rings. The van der Waals surface area contributed by atoms with Crippen molar-refractivity contribution in [2.75, 3.05) is 13.1 Å². The maximum atomic E-state index is 13.0. The smallest absolute Gasteiger partial charge is 0.256 e. The highest BCUT2D eigenvalue weighted by Gasteiger charge is 2.30. The fourth-order valence-electron chi connectivity index (χ4n) is 3.36. The lowest BCUT2D eigenvalue weighted by Crippen LogP contribution is -2.51. The van der Waals surface area contributed by atoms with E-state index in [2.05, 4.69) is 32.9 Å². The summed E-state index contributed by atoms with van der Waals surface area (Å²) < 4.78 is 5.56. The first-order chi connectivity index (χ1) is 14.3. The molecule has 2 aromatic rings. The summed E-state index contributed by atoms with van der Waals surface area (Å²) in [6.07, 6.45) is 4.19. The number of carbonyl (C=O) groups is 2. The minimum atomic E-state index is -0.857. The molecule has 0 radical (unpaired) electrons. The quantitative estimate of drug-likeness (QED) is 0.704. The Labute approximate surface area is 175 Å². The van der Waals surface area contributed by atoms with Crippen LogP contribution >= 0.6 is 0 Å². The van der Waals surface area contributed by atoms with Crippen molar-refractivity contribution in [2.45, 2.75) is 45.8 Å². The maximum Gasteiger partial charge on any atom is 0.256 e. The van der Waals surface area contributed by atoms with E-state index >= 15 is 0 Å². The van der Waals surface area contributed by atoms with Crippen LogP contribution in [0.1, 0.15) is 44.0 Å². The van der Waals surface area contributed by atoms with Gasteiger partial charge in [0.25, 0.3) is 5.91 Å². The van der Waals surface area contributed by atoms with E-state index in [0.29, 0.717) is 48.5 Å². The summed E-state index contributed by atoms with van der Waals surface area (Å²) in [4.78, 5) is 39.2. The lowest BCUT2D eigenvalue weighted by molar-refractivity contribution is -0.133. The van der Waals surface area contributed by atoms with Crippen LogP contribution in [0.4, 0.5) is 0 Å². The average Bonchev–Trinajstić information content (AvgIpc) is 3.14. The number of amides is 2. The average molecular weight is 410 g/mol. The predicted molar refractivity (Wildman–Crippen MR) is 111 cm³/mol. The maximum absolute atomic E-state index is 13.0. The summed E-state index contributed by atoms with van der Waals surface area (Å²) in [6, 6.07) is 1.39. The molecular weight excluding hydrogens is 384 g/mol. The number of piperidine rings is 1. The van der Waals surface area contributed by atoms with Gasteiger partial charge in [-0.3, -0.25) is 9.59 Å². The summed E-state index contributed by atoms with van der Waals surface area (Å²) in [5.41, 5.74) is 1.63. The SMILES string of the molecule is C=C(C)[C@@H](NC(=O)c1c[nH]c2ncc(OC(C)C)nc12)C(=O)N1CCC(C#N)CC1. The van der Waals surface area contributed by atoms with Crippen molar-refractivity contribution in [3.8, 4) is 11.9 Å². The van der Waals surface area contributed by atoms with Crippen LogP contribution in [0.25, 0.3) is 11.2 Å². The van der Waals surface area contributed by atoms with E-state index in [1.165, 1.54) is 12.4 Å². The third kappa shape index (κ3) is 4.59. The number of H-pyrrole nitrogens is 1. The minimum Gasteiger partial charge on any atom is -0.474 e. The number of nitrogens with zero attached hydrogens (tertiary/aromatic N) is 4. The molecule has 2 aromatic heterocycles. The molecule has 158 valence electrons. The predicted octanol–water partition coefficient (Wildman–Crippen LogP) is 2.18. The van der Waals surface area contributed by atoms with Crippen molar-refractivity contribution in [3.05, 3.63) is 30.1 Å². The van der Waals surface area contributed by atoms with Crippen LogP contribution in [0.3, 0.4) is 0 Å². The molecule has 0 aliphatic carbocycles. The van der Waals surface area contributed by atoms with Crippen molar-refractivity contribution in [1.82, 2.24) is 25.2 Å². The van der Waals surface area contributed by atoms with Gasteiger partial charge in [-0.1, -0.05) is 6.58 Å². The van der Waals surface area contributed by atoms with Crippen LogP contribution in [0.2, 0.25) is 0 Å². The van der Waals surface area contributed by atoms with Gasteiger partial charge in [-0.25, -0.2) is 9.97 Å². The zero-order valence-corrected chi connectivity index (χ0v) is 17.4. The van der Waals surface area contributed by atoms with Gasteiger partial charge < -0.3 is 19.9 Å². The molecule has 30 heavy (non-hydrogen) atoms. The van der Waals surface area contributed by atoms with E-state index in [4.69, 9.17) is 10.00 Å². The molecule has 0 bridgehead atoms. The van der Waals surface area contributed by atoms with Gasteiger partial charge in [-0.2, -0.15) is 5.26 Å². The summed E-state index contributed by atoms with van der Waals surface area (Å²) in [7, 11) is 0. The third-order valence-electron chi connectivity index (χ3n) is 4.96. The molecule has 0 unspecified atom stereocenters. The molecular formula is C21H26N6O3. The van der Waals surface area contributed by atoms with Crippen LogP contribution in [0.5, 0.6) is 5.88 Å². The summed E-state index contributed by atoms with van der Waals surface area (Å²) in [5.74, 6) is -0.384. The number of likely N-dealkylation sites (tertiary alicyclic amines) is 1. The van der Waals surface area contributed by atoms with Crippen LogP contribution < -0.4 is 10.1 Å². The highest BCUT2D eigenvalue weighted by molar-refractivity contribution is 6.06. The van der Waals surface area contributed by atoms with Crippen molar-refractivity contribution in [3.63, 3.8) is 0 Å². The second-order valence-electron chi connectivity index (χ2n) is 7.76. The van der Waals surface area contributed by atoms with Crippen LogP contribution in [0.15, 0.2) is 24.5 Å². The van der Waals surface area contributed by atoms with Gasteiger partial charge >= 0.3 is 0 Å². The van der Waals surface area contributed by atoms with Crippen molar-refractivity contribution in [1.29, 1.82) is 5.26 Å². The van der Waals surface area contributed by atoms with Crippen LogP contribution in [-0.2, 0) is 4.79 Å². The van der Waals surface area contributed by atoms with Gasteiger partial charge in [0.2, 0.25) is 11.8 Å². The Hall–Kier alpha value is -3.41. The first-order valence-corrected chi connectivity index (χ1v) is 9.95. The summed E-state index contributed by atoms with van der Waals surface area (Å²) >= 11 is 0. The van der Waals surface area contributed by atoms with E-state index in [-0.39, 0.29) is 23.5 Å². The molecule has 2 N–H and O–H groups in total. The Balaban J connectivity index is 1.78. The van der Waals surface area contributed by atoms with E-state index in [9.17, 15) is 9.59 Å². The van der Waals surface area contributed by atoms with Gasteiger partial charge in [-0.15, -0.1) is 0 Å². The van der Waals surface area contributed by atoms with E-state index in [1.54, 1.807) is 11.8 Å². The number of nitrogens with one attached hydrogen (secondary N) is 2. The topological polar surface area (TPSA) is 124 Å². The first kappa shape index (κ1) is 21.3. The fourth-order valence-corrected chi connectivity index (χ4v) is 3.36. The van der Waals surface area contributed by atoms with Crippen LogP contribution in [-0.4, -0.2) is 56.9 Å². The van der Waals surface area contributed by atoms with Crippen molar-refractivity contribution in [2.24, 2.45) is 5.92 Å². The number of aromatic nitrogens is 3. The van der Waals surface area contributed by atoms with E-state index in [1.807, 2.05) is 13.8 Å². The Morgan fingerprint density at radius 2 is 2.10 bits per heavy atom. The van der Waals surface area contributed by atoms with Gasteiger partial charge in [0.1, 0.15) is 11.6 Å². The zero-order valence-electron chi connectivity index (χ0n) is 17.4. The van der Waals surface area contributed by atoms with E-state index < -0.39 is 11.9 Å². The Morgan fingerprint density at radius 1 is 1.40 bits per heavy atom. The van der Waals surface area contributed by atoms with Crippen molar-refractivity contribution >= 4 is 23.0 Å². The zero-order chi connectivity index (χ0) is 21.8. The molecule has 3 rings (SSSR count). The number of aromatic amines is 1. The molecule has 1 aliphatic heterocycles.